The lowest BCUT2D eigenvalue weighted by molar-refractivity contribution is -0.139. The minimum atomic E-state index is -4.13. The zero-order chi connectivity index (χ0) is 28.6. The van der Waals surface area contributed by atoms with Crippen molar-refractivity contribution < 1.29 is 18.0 Å². The highest BCUT2D eigenvalue weighted by Gasteiger charge is 2.32. The Morgan fingerprint density at radius 3 is 2.23 bits per heavy atom. The number of carbonyl (C=O) groups is 2. The summed E-state index contributed by atoms with van der Waals surface area (Å²) in [5.41, 5.74) is 2.17. The second-order valence-corrected chi connectivity index (χ2v) is 11.9. The number of rotatable bonds is 12. The Balaban J connectivity index is 1.97. The number of benzene rings is 3. The molecule has 0 heterocycles. The molecule has 0 aliphatic rings. The number of anilines is 1. The van der Waals surface area contributed by atoms with E-state index in [-0.39, 0.29) is 29.1 Å². The summed E-state index contributed by atoms with van der Waals surface area (Å²) in [7, 11) is -4.13. The normalized spacial score (nSPS) is 12.8. The third-order valence-electron chi connectivity index (χ3n) is 6.64. The van der Waals surface area contributed by atoms with Crippen molar-refractivity contribution in [1.82, 2.24) is 10.2 Å². The van der Waals surface area contributed by atoms with Crippen molar-refractivity contribution in [3.8, 4) is 0 Å². The quantitative estimate of drug-likeness (QED) is 0.324. The molecule has 7 nitrogen and oxygen atoms in total. The van der Waals surface area contributed by atoms with Gasteiger partial charge in [0.25, 0.3) is 10.0 Å². The molecule has 0 bridgehead atoms. The largest absolute Gasteiger partial charge is 0.352 e. The van der Waals surface area contributed by atoms with E-state index in [4.69, 9.17) is 11.6 Å². The number of aryl methyl sites for hydroxylation is 1. The molecule has 2 atom stereocenters. The van der Waals surface area contributed by atoms with E-state index in [9.17, 15) is 18.0 Å². The van der Waals surface area contributed by atoms with Gasteiger partial charge in [-0.1, -0.05) is 72.6 Å². The minimum absolute atomic E-state index is 0.0549. The first kappa shape index (κ1) is 30.2. The molecule has 9 heteroatoms. The second-order valence-electron chi connectivity index (χ2n) is 9.62. The van der Waals surface area contributed by atoms with Crippen LogP contribution in [0.4, 0.5) is 5.69 Å². The number of amides is 2. The van der Waals surface area contributed by atoms with Crippen molar-refractivity contribution in [2.75, 3.05) is 17.4 Å². The van der Waals surface area contributed by atoms with Crippen LogP contribution in [0.25, 0.3) is 0 Å². The number of sulfonamides is 1. The molecule has 0 aliphatic carbocycles. The van der Waals surface area contributed by atoms with Crippen LogP contribution in [0.15, 0.2) is 83.8 Å². The summed E-state index contributed by atoms with van der Waals surface area (Å²) in [5, 5.41) is 3.27. The summed E-state index contributed by atoms with van der Waals surface area (Å²) in [6.07, 6.45) is 1.25. The van der Waals surface area contributed by atoms with Crippen LogP contribution in [0.3, 0.4) is 0 Å². The summed E-state index contributed by atoms with van der Waals surface area (Å²) in [4.78, 5) is 28.4. The molecule has 2 unspecified atom stereocenters. The molecule has 2 amide bonds. The molecule has 208 valence electrons. The van der Waals surface area contributed by atoms with Gasteiger partial charge in [-0.15, -0.1) is 0 Å². The van der Waals surface area contributed by atoms with Gasteiger partial charge >= 0.3 is 0 Å². The van der Waals surface area contributed by atoms with Gasteiger partial charge in [-0.3, -0.25) is 13.9 Å². The van der Waals surface area contributed by atoms with Crippen LogP contribution in [0.5, 0.6) is 0 Å². The number of nitrogens with zero attached hydrogens (tertiary/aromatic N) is 2. The SMILES string of the molecule is CCC(C)NC(=O)C(C)N(CCc1ccccc1)C(=O)CN(c1cccc(Cl)c1)S(=O)(=O)c1ccc(C)cc1. The molecule has 0 saturated heterocycles. The van der Waals surface area contributed by atoms with Crippen LogP contribution in [0.2, 0.25) is 5.02 Å². The Hall–Kier alpha value is -3.36. The Kier molecular flexibility index (Phi) is 10.5. The molecule has 0 radical (unpaired) electrons. The van der Waals surface area contributed by atoms with Gasteiger partial charge in [0.1, 0.15) is 12.6 Å². The van der Waals surface area contributed by atoms with Crippen molar-refractivity contribution in [3.05, 3.63) is 95.0 Å². The molecule has 3 aromatic carbocycles. The van der Waals surface area contributed by atoms with E-state index in [1.807, 2.05) is 51.1 Å². The average molecular weight is 570 g/mol. The van der Waals surface area contributed by atoms with Crippen molar-refractivity contribution in [2.45, 2.75) is 57.5 Å². The molecule has 0 aromatic heterocycles. The van der Waals surface area contributed by atoms with E-state index in [0.717, 1.165) is 21.9 Å². The Morgan fingerprint density at radius 2 is 1.62 bits per heavy atom. The molecule has 39 heavy (non-hydrogen) atoms. The molecule has 3 aromatic rings. The van der Waals surface area contributed by atoms with Gasteiger partial charge in [-0.25, -0.2) is 8.42 Å². The molecule has 0 spiro atoms. The van der Waals surface area contributed by atoms with Crippen LogP contribution in [-0.2, 0) is 26.0 Å². The first-order valence-electron chi connectivity index (χ1n) is 13.0. The lowest BCUT2D eigenvalue weighted by atomic mass is 10.1. The lowest BCUT2D eigenvalue weighted by Gasteiger charge is -2.32. The maximum absolute atomic E-state index is 13.9. The van der Waals surface area contributed by atoms with E-state index < -0.39 is 28.5 Å². The van der Waals surface area contributed by atoms with E-state index in [1.54, 1.807) is 37.3 Å². The van der Waals surface area contributed by atoms with Gasteiger partial charge in [0.2, 0.25) is 11.8 Å². The average Bonchev–Trinajstić information content (AvgIpc) is 2.92. The number of carbonyl (C=O) groups excluding carboxylic acids is 2. The van der Waals surface area contributed by atoms with Gasteiger partial charge in [-0.2, -0.15) is 0 Å². The summed E-state index contributed by atoms with van der Waals surface area (Å²) in [6.45, 7) is 7.14. The van der Waals surface area contributed by atoms with Gasteiger partial charge in [0.05, 0.1) is 10.6 Å². The minimum Gasteiger partial charge on any atom is -0.352 e. The zero-order valence-corrected chi connectivity index (χ0v) is 24.4. The first-order chi connectivity index (χ1) is 18.5. The number of hydrogen-bond donors (Lipinski definition) is 1. The van der Waals surface area contributed by atoms with Crippen LogP contribution in [-0.4, -0.2) is 50.3 Å². The van der Waals surface area contributed by atoms with E-state index >= 15 is 0 Å². The maximum Gasteiger partial charge on any atom is 0.264 e. The maximum atomic E-state index is 13.9. The smallest absolute Gasteiger partial charge is 0.264 e. The number of hydrogen-bond acceptors (Lipinski definition) is 4. The first-order valence-corrected chi connectivity index (χ1v) is 14.8. The van der Waals surface area contributed by atoms with E-state index in [1.165, 1.54) is 23.1 Å². The van der Waals surface area contributed by atoms with Crippen LogP contribution >= 0.6 is 11.6 Å². The van der Waals surface area contributed by atoms with Crippen LogP contribution in [0, 0.1) is 6.92 Å². The van der Waals surface area contributed by atoms with Gasteiger partial charge in [-0.05, 0) is 69.5 Å². The fraction of sp³-hybridized carbons (Fsp3) is 0.333. The topological polar surface area (TPSA) is 86.8 Å². The Morgan fingerprint density at radius 1 is 0.949 bits per heavy atom. The molecular formula is C30H36ClN3O4S. The highest BCUT2D eigenvalue weighted by atomic mass is 35.5. The zero-order valence-electron chi connectivity index (χ0n) is 22.8. The summed E-state index contributed by atoms with van der Waals surface area (Å²) in [5.74, 6) is -0.783. The number of halogens is 1. The van der Waals surface area contributed by atoms with Crippen molar-refractivity contribution in [1.29, 1.82) is 0 Å². The monoisotopic (exact) mass is 569 g/mol. The second kappa shape index (κ2) is 13.6. The Bertz CT molecular complexity index is 1360. The standard InChI is InChI=1S/C30H36ClN3O4S/c1-5-23(3)32-30(36)24(4)33(19-18-25-10-7-6-8-11-25)29(35)21-34(27-13-9-12-26(31)20-27)39(37,38)28-16-14-22(2)15-17-28/h6-17,20,23-24H,5,18-19,21H2,1-4H3,(H,32,36). The van der Waals surface area contributed by atoms with Crippen LogP contribution in [0.1, 0.15) is 38.3 Å². The summed E-state index contributed by atoms with van der Waals surface area (Å²) < 4.78 is 28.7. The van der Waals surface area contributed by atoms with Crippen molar-refractivity contribution in [2.24, 2.45) is 0 Å². The third-order valence-corrected chi connectivity index (χ3v) is 8.66. The molecule has 1 N–H and O–H groups in total. The van der Waals surface area contributed by atoms with Gasteiger partial charge in [0.15, 0.2) is 0 Å². The lowest BCUT2D eigenvalue weighted by Crippen LogP contribution is -2.53. The van der Waals surface area contributed by atoms with Crippen LogP contribution < -0.4 is 9.62 Å². The third kappa shape index (κ3) is 8.07. The van der Waals surface area contributed by atoms with E-state index in [0.29, 0.717) is 11.4 Å². The van der Waals surface area contributed by atoms with Gasteiger partial charge < -0.3 is 10.2 Å². The fourth-order valence-electron chi connectivity index (χ4n) is 4.03. The fourth-order valence-corrected chi connectivity index (χ4v) is 5.62. The van der Waals surface area contributed by atoms with Crippen molar-refractivity contribution >= 4 is 39.1 Å². The molecule has 0 saturated carbocycles. The predicted molar refractivity (Wildman–Crippen MR) is 156 cm³/mol. The highest BCUT2D eigenvalue weighted by Crippen LogP contribution is 2.27. The van der Waals surface area contributed by atoms with E-state index in [2.05, 4.69) is 5.32 Å². The Labute approximate surface area is 236 Å². The highest BCUT2D eigenvalue weighted by molar-refractivity contribution is 7.92. The molecule has 0 aliphatic heterocycles. The molecule has 0 fully saturated rings. The number of nitrogens with one attached hydrogen (secondary N) is 1. The summed E-state index contributed by atoms with van der Waals surface area (Å²) in [6, 6.07) is 21.6. The molecular weight excluding hydrogens is 534 g/mol. The van der Waals surface area contributed by atoms with Crippen molar-refractivity contribution in [3.63, 3.8) is 0 Å². The predicted octanol–water partition coefficient (Wildman–Crippen LogP) is 5.22. The molecule has 3 rings (SSSR count). The summed E-state index contributed by atoms with van der Waals surface area (Å²) >= 11 is 6.21. The van der Waals surface area contributed by atoms with Gasteiger partial charge in [0, 0.05) is 17.6 Å².